The predicted octanol–water partition coefficient (Wildman–Crippen LogP) is 2.94. The first-order chi connectivity index (χ1) is 30.4. The van der Waals surface area contributed by atoms with Crippen molar-refractivity contribution in [3.05, 3.63) is 0 Å². The summed E-state index contributed by atoms with van der Waals surface area (Å²) >= 11 is 0. The first-order valence-electron chi connectivity index (χ1n) is 28.4. The molecule has 412 valence electrons. The molecule has 0 aliphatic rings. The van der Waals surface area contributed by atoms with E-state index in [1.807, 2.05) is 0 Å². The summed E-state index contributed by atoms with van der Waals surface area (Å²) in [6, 6.07) is 0. The lowest BCUT2D eigenvalue weighted by Gasteiger charge is -2.53. The third kappa shape index (κ3) is 28.6. The molecule has 0 saturated carbocycles. The highest BCUT2D eigenvalue weighted by Gasteiger charge is 2.47. The molecule has 0 heterocycles. The van der Waals surface area contributed by atoms with E-state index < -0.39 is 95.3 Å². The van der Waals surface area contributed by atoms with Crippen LogP contribution in [0.3, 0.4) is 0 Å². The molecule has 0 rings (SSSR count). The van der Waals surface area contributed by atoms with Gasteiger partial charge in [0.1, 0.15) is 65.9 Å². The summed E-state index contributed by atoms with van der Waals surface area (Å²) in [6.45, 7) is 95.6. The monoisotopic (exact) mass is 1280 g/mol. The van der Waals surface area contributed by atoms with Crippen molar-refractivity contribution >= 4 is 169 Å². The molecule has 28 heteroatoms. The van der Waals surface area contributed by atoms with Gasteiger partial charge < -0.3 is 33.8 Å². The molecule has 0 amide bonds. The van der Waals surface area contributed by atoms with E-state index in [0.717, 1.165) is 0 Å². The molecule has 68 heavy (non-hydrogen) atoms. The molecule has 0 aromatic carbocycles. The van der Waals surface area contributed by atoms with Crippen LogP contribution < -0.4 is 0 Å². The van der Waals surface area contributed by atoms with Crippen molar-refractivity contribution in [3.8, 4) is 0 Å². The number of nitrogens with zero attached hydrogens (tertiary/aromatic N) is 8. The van der Waals surface area contributed by atoms with Crippen molar-refractivity contribution in [2.75, 3.05) is 52.4 Å². The molecule has 0 aromatic rings. The second kappa shape index (κ2) is 32.2. The second-order valence-electron chi connectivity index (χ2n) is 28.8. The number of hydrogen-bond acceptors (Lipinski definition) is 8. The topological polar surface area (TPSA) is 25.9 Å². The summed E-state index contributed by atoms with van der Waals surface area (Å²) in [5.74, 6) is 0. The van der Waals surface area contributed by atoms with Gasteiger partial charge in [0.2, 0.25) is 0 Å². The van der Waals surface area contributed by atoms with Crippen LogP contribution in [0.25, 0.3) is 0 Å². The van der Waals surface area contributed by atoms with Gasteiger partial charge in [0.25, 0.3) is 0 Å². The Kier molecular flexibility index (Phi) is 35.1. The zero-order valence-electron chi connectivity index (χ0n) is 53.2. The standard InChI is InChI=1S/C24H82N4Si14.C16H50N4Si6/c1-35(2,3)25(36(4,5)6)29-33(30-26(37(7,8)9)38(10,11)12)34(31-27(39(13,14)15)40(16,17)18)32-28(41(19,20)21)42(22,23)24;1-9-17(10-2)21-25(22-18(11-3)12-4)26(23-19(13-5)14-6)24-20(15-7)16-8/h33-34H,29-32H2,1-24H3;25-26H,9-16,21-24H2,1-8H3. The predicted molar refractivity (Wildman–Crippen MR) is 383 cm³/mol. The second-order valence-corrected chi connectivity index (χ2v) is 172. The maximum Gasteiger partial charge on any atom is 0.105 e. The van der Waals surface area contributed by atoms with Gasteiger partial charge in [-0.05, 0) is 52.4 Å². The molecule has 0 atom stereocenters. The fourth-order valence-corrected chi connectivity index (χ4v) is 320. The lowest BCUT2D eigenvalue weighted by Crippen LogP contribution is -2.78. The molecule has 0 aliphatic heterocycles. The Labute approximate surface area is 463 Å². The van der Waals surface area contributed by atoms with Gasteiger partial charge in [-0.2, -0.15) is 0 Å². The van der Waals surface area contributed by atoms with E-state index in [9.17, 15) is 0 Å². The highest BCUT2D eigenvalue weighted by atomic mass is 30.1. The Morgan fingerprint density at radius 1 is 0.206 bits per heavy atom. The molecule has 0 aliphatic carbocycles. The van der Waals surface area contributed by atoms with Gasteiger partial charge in [-0.1, -0.05) is 213 Å². The van der Waals surface area contributed by atoms with Crippen LogP contribution in [0.1, 0.15) is 55.4 Å². The average Bonchev–Trinajstić information content (AvgIpc) is 3.15. The third-order valence-corrected chi connectivity index (χ3v) is 253. The Balaban J connectivity index is 0. The van der Waals surface area contributed by atoms with E-state index in [1.165, 1.54) is 52.4 Å². The van der Waals surface area contributed by atoms with Crippen LogP contribution in [0.5, 0.6) is 0 Å². The minimum Gasteiger partial charge on any atom is -0.376 e. The summed E-state index contributed by atoms with van der Waals surface area (Å²) in [6.07, 6.45) is 0. The smallest absolute Gasteiger partial charge is 0.105 e. The molecule has 8 nitrogen and oxygen atoms in total. The van der Waals surface area contributed by atoms with Crippen LogP contribution in [-0.2, 0) is 0 Å². The maximum absolute atomic E-state index is 3.46. The first kappa shape index (κ1) is 74.1. The number of rotatable bonds is 34. The molecule has 0 unspecified atom stereocenters. The minimum absolute atomic E-state index is 0.0839. The van der Waals surface area contributed by atoms with E-state index in [0.29, 0.717) is 0 Å². The lowest BCUT2D eigenvalue weighted by atomic mass is 10.7. The quantitative estimate of drug-likeness (QED) is 0.0911. The minimum atomic E-state index is -1.32. The summed E-state index contributed by atoms with van der Waals surface area (Å²) in [5.41, 5.74) is 0. The average molecular weight is 1290 g/mol. The molecule has 0 fully saturated rings. The molecular formula is C40H132N8Si20. The van der Waals surface area contributed by atoms with Crippen molar-refractivity contribution in [2.45, 2.75) is 213 Å². The Bertz CT molecular complexity index is 1080. The van der Waals surface area contributed by atoms with Crippen molar-refractivity contribution in [2.24, 2.45) is 0 Å². The highest BCUT2D eigenvalue weighted by molar-refractivity contribution is 7.84. The van der Waals surface area contributed by atoms with E-state index >= 15 is 0 Å². The molecule has 0 bridgehead atoms. The van der Waals surface area contributed by atoms with Gasteiger partial charge in [0, 0.05) is 29.4 Å². The van der Waals surface area contributed by atoms with Crippen LogP contribution in [0, 0.1) is 0 Å². The van der Waals surface area contributed by atoms with Crippen LogP contribution in [0.15, 0.2) is 0 Å². The molecular weight excluding hydrogens is 1150 g/mol. The van der Waals surface area contributed by atoms with Crippen LogP contribution in [0.2, 0.25) is 157 Å². The fraction of sp³-hybridized carbons (Fsp3) is 1.00. The van der Waals surface area contributed by atoms with Gasteiger partial charge in [-0.3, -0.25) is 0 Å². The van der Waals surface area contributed by atoms with Crippen LogP contribution >= 0.6 is 0 Å². The largest absolute Gasteiger partial charge is 0.376 e. The normalized spacial score (nSPS) is 17.6. The van der Waals surface area contributed by atoms with E-state index in [-0.39, 0.29) is 73.6 Å². The highest BCUT2D eigenvalue weighted by Crippen LogP contribution is 2.26. The maximum atomic E-state index is 3.46. The fourth-order valence-electron chi connectivity index (χ4n) is 11.8. The zero-order valence-corrected chi connectivity index (χ0v) is 77.1. The number of hydrogen-bond donors (Lipinski definition) is 0. The van der Waals surface area contributed by atoms with Crippen molar-refractivity contribution in [3.63, 3.8) is 0 Å². The van der Waals surface area contributed by atoms with Crippen LogP contribution in [0.4, 0.5) is 0 Å². The molecule has 0 radical (unpaired) electrons. The van der Waals surface area contributed by atoms with Gasteiger partial charge in [-0.15, -0.1) is 0 Å². The molecule has 0 N–H and O–H groups in total. The molecule has 0 saturated heterocycles. The lowest BCUT2D eigenvalue weighted by molar-refractivity contribution is 0.495. The molecule has 0 aromatic heterocycles. The van der Waals surface area contributed by atoms with Crippen molar-refractivity contribution < 1.29 is 0 Å². The van der Waals surface area contributed by atoms with Gasteiger partial charge in [-0.25, -0.2) is 0 Å². The SMILES string of the molecule is CCN(CC)[SiH2][SiH]([SiH2]N(CC)CC)[SiH]([SiH2]N(CC)CC)[SiH2]N(CC)CC.C[Si](C)(C)N([SiH2][SiH]([SiH2]N([Si](C)(C)C)[Si](C)(C)C)[SiH]([SiH2]N([Si](C)(C)C)[Si](C)(C)C)[SiH2]N([Si](C)(C)C)[Si](C)(C)C)[Si](C)(C)C. The van der Waals surface area contributed by atoms with E-state index in [1.54, 1.807) is 0 Å². The van der Waals surface area contributed by atoms with E-state index in [2.05, 4.69) is 246 Å². The third-order valence-electron chi connectivity index (χ3n) is 15.0. The van der Waals surface area contributed by atoms with Crippen molar-refractivity contribution in [1.82, 2.24) is 33.8 Å². The van der Waals surface area contributed by atoms with Gasteiger partial charge in [0.15, 0.2) is 0 Å². The summed E-state index contributed by atoms with van der Waals surface area (Å²) in [4.78, 5) is 0. The summed E-state index contributed by atoms with van der Waals surface area (Å²) in [7, 11) is -13.0. The summed E-state index contributed by atoms with van der Waals surface area (Å²) < 4.78 is 25.6. The first-order valence-corrected chi connectivity index (χ1v) is 92.5. The van der Waals surface area contributed by atoms with Crippen LogP contribution in [-0.4, -0.2) is 255 Å². The van der Waals surface area contributed by atoms with Gasteiger partial charge >= 0.3 is 0 Å². The Morgan fingerprint density at radius 3 is 0.397 bits per heavy atom. The Hall–Kier alpha value is 4.02. The molecule has 0 spiro atoms. The van der Waals surface area contributed by atoms with Gasteiger partial charge in [0.05, 0.1) is 73.6 Å². The summed E-state index contributed by atoms with van der Waals surface area (Å²) in [5, 5.41) is 0. The van der Waals surface area contributed by atoms with Crippen molar-refractivity contribution in [1.29, 1.82) is 0 Å². The zero-order chi connectivity index (χ0) is 54.2. The Morgan fingerprint density at radius 2 is 0.309 bits per heavy atom. The van der Waals surface area contributed by atoms with E-state index in [4.69, 9.17) is 0 Å².